The van der Waals surface area contributed by atoms with Gasteiger partial charge in [0.25, 0.3) is 0 Å². The number of carbonyl (C=O) groups is 1. The van der Waals surface area contributed by atoms with Gasteiger partial charge >= 0.3 is 5.97 Å². The van der Waals surface area contributed by atoms with E-state index in [1.165, 1.54) is 11.8 Å². The first kappa shape index (κ1) is 18.7. The maximum atomic E-state index is 12.0. The van der Waals surface area contributed by atoms with Gasteiger partial charge < -0.3 is 14.8 Å². The summed E-state index contributed by atoms with van der Waals surface area (Å²) < 4.78 is 10.7. The van der Waals surface area contributed by atoms with Crippen molar-refractivity contribution in [3.8, 4) is 11.5 Å². The van der Waals surface area contributed by atoms with Crippen molar-refractivity contribution < 1.29 is 14.3 Å². The number of para-hydroxylation sites is 1. The topological polar surface area (TPSA) is 73.3 Å². The van der Waals surface area contributed by atoms with Crippen LogP contribution in [0.4, 0.5) is 11.5 Å². The normalized spacial score (nSPS) is 10.3. The van der Waals surface area contributed by atoms with E-state index >= 15 is 0 Å². The number of hydrogen-bond acceptors (Lipinski definition) is 7. The summed E-state index contributed by atoms with van der Waals surface area (Å²) in [6.45, 7) is 1.75. The molecule has 0 spiro atoms. The Morgan fingerprint density at radius 1 is 1.04 bits per heavy atom. The Bertz CT molecular complexity index is 919. The molecule has 0 unspecified atom stereocenters. The van der Waals surface area contributed by atoms with Crippen LogP contribution in [0.1, 0.15) is 5.69 Å². The van der Waals surface area contributed by atoms with Crippen LogP contribution in [-0.2, 0) is 4.79 Å². The molecule has 6 nitrogen and oxygen atoms in total. The minimum Gasteiger partial charge on any atom is -0.482 e. The Hall–Kier alpha value is -3.06. The van der Waals surface area contributed by atoms with Gasteiger partial charge in [-0.1, -0.05) is 36.0 Å². The highest BCUT2D eigenvalue weighted by Crippen LogP contribution is 2.22. The summed E-state index contributed by atoms with van der Waals surface area (Å²) in [4.78, 5) is 20.7. The third kappa shape index (κ3) is 5.72. The largest absolute Gasteiger partial charge is 0.482 e. The summed E-state index contributed by atoms with van der Waals surface area (Å²) >= 11 is 1.48. The highest BCUT2D eigenvalue weighted by atomic mass is 32.2. The first-order chi connectivity index (χ1) is 13.1. The average Bonchev–Trinajstić information content (AvgIpc) is 2.67. The molecule has 0 aliphatic heterocycles. The molecule has 1 heterocycles. The Morgan fingerprint density at radius 3 is 2.59 bits per heavy atom. The second kappa shape index (κ2) is 9.05. The van der Waals surface area contributed by atoms with Crippen molar-refractivity contribution in [3.05, 3.63) is 66.4 Å². The number of aryl methyl sites for hydroxylation is 1. The average molecular weight is 381 g/mol. The van der Waals surface area contributed by atoms with Gasteiger partial charge in [0, 0.05) is 23.5 Å². The Labute approximate surface area is 162 Å². The van der Waals surface area contributed by atoms with Gasteiger partial charge in [0.1, 0.15) is 17.3 Å². The molecular weight excluding hydrogens is 362 g/mol. The number of nitrogens with one attached hydrogen (secondary N) is 1. The van der Waals surface area contributed by atoms with Crippen LogP contribution in [0.5, 0.6) is 11.5 Å². The summed E-state index contributed by atoms with van der Waals surface area (Å²) in [5.74, 6) is 1.26. The molecule has 138 valence electrons. The van der Waals surface area contributed by atoms with E-state index < -0.39 is 5.97 Å². The van der Waals surface area contributed by atoms with Crippen molar-refractivity contribution in [2.24, 2.45) is 0 Å². The fourth-order valence-electron chi connectivity index (χ4n) is 2.30. The number of carbonyl (C=O) groups excluding carboxylic acids is 1. The number of aromatic nitrogens is 2. The lowest BCUT2D eigenvalue weighted by Crippen LogP contribution is -2.17. The molecule has 0 radical (unpaired) electrons. The quantitative estimate of drug-likeness (QED) is 0.284. The maximum Gasteiger partial charge on any atom is 0.349 e. The lowest BCUT2D eigenvalue weighted by atomic mass is 10.3. The van der Waals surface area contributed by atoms with Gasteiger partial charge in [0.05, 0.1) is 0 Å². The van der Waals surface area contributed by atoms with E-state index in [-0.39, 0.29) is 6.61 Å². The van der Waals surface area contributed by atoms with Gasteiger partial charge in [-0.15, -0.1) is 0 Å². The molecule has 1 aromatic heterocycles. The Balaban J connectivity index is 1.61. The summed E-state index contributed by atoms with van der Waals surface area (Å²) in [5.41, 5.74) is 1.63. The smallest absolute Gasteiger partial charge is 0.349 e. The van der Waals surface area contributed by atoms with E-state index in [4.69, 9.17) is 9.47 Å². The van der Waals surface area contributed by atoms with Crippen molar-refractivity contribution in [1.29, 1.82) is 0 Å². The molecular formula is C20H19N3O3S. The van der Waals surface area contributed by atoms with Crippen LogP contribution >= 0.6 is 11.8 Å². The monoisotopic (exact) mass is 381 g/mol. The molecule has 0 atom stereocenters. The number of esters is 1. The molecule has 0 fully saturated rings. The van der Waals surface area contributed by atoms with E-state index in [0.717, 1.165) is 11.4 Å². The van der Waals surface area contributed by atoms with Crippen molar-refractivity contribution in [2.45, 2.75) is 12.1 Å². The standard InChI is InChI=1S/C20H19N3O3S/c1-14-11-18(23-20(21-14)27-2)22-15-7-6-10-17(12-15)26-19(24)13-25-16-8-4-3-5-9-16/h3-12H,13H2,1-2H3,(H,21,22,23). The van der Waals surface area contributed by atoms with Crippen LogP contribution in [0.25, 0.3) is 0 Å². The number of thioether (sulfide) groups is 1. The maximum absolute atomic E-state index is 12.0. The molecule has 7 heteroatoms. The number of nitrogens with zero attached hydrogens (tertiary/aromatic N) is 2. The van der Waals surface area contributed by atoms with E-state index in [1.54, 1.807) is 30.3 Å². The number of anilines is 2. The van der Waals surface area contributed by atoms with Crippen LogP contribution in [-0.4, -0.2) is 28.8 Å². The van der Waals surface area contributed by atoms with Crippen molar-refractivity contribution >= 4 is 29.2 Å². The second-order valence-corrected chi connectivity index (χ2v) is 6.38. The zero-order chi connectivity index (χ0) is 19.1. The second-order valence-electron chi connectivity index (χ2n) is 5.61. The first-order valence-corrected chi connectivity index (χ1v) is 9.50. The summed E-state index contributed by atoms with van der Waals surface area (Å²) in [6, 6.07) is 18.1. The predicted octanol–water partition coefficient (Wildman–Crippen LogP) is 4.23. The van der Waals surface area contributed by atoms with Crippen LogP contribution in [0.2, 0.25) is 0 Å². The highest BCUT2D eigenvalue weighted by molar-refractivity contribution is 7.98. The van der Waals surface area contributed by atoms with Gasteiger partial charge in [-0.2, -0.15) is 0 Å². The first-order valence-electron chi connectivity index (χ1n) is 8.27. The van der Waals surface area contributed by atoms with Crippen LogP contribution in [0, 0.1) is 6.92 Å². The molecule has 0 saturated carbocycles. The van der Waals surface area contributed by atoms with Crippen LogP contribution in [0.3, 0.4) is 0 Å². The lowest BCUT2D eigenvalue weighted by Gasteiger charge is -2.10. The molecule has 0 aliphatic carbocycles. The van der Waals surface area contributed by atoms with Gasteiger partial charge in [0.2, 0.25) is 0 Å². The third-order valence-corrected chi connectivity index (χ3v) is 4.00. The molecule has 2 aromatic carbocycles. The number of ether oxygens (including phenoxy) is 2. The molecule has 27 heavy (non-hydrogen) atoms. The molecule has 0 amide bonds. The van der Waals surface area contributed by atoms with Gasteiger partial charge in [-0.05, 0) is 37.4 Å². The van der Waals surface area contributed by atoms with Crippen LogP contribution in [0.15, 0.2) is 65.8 Å². The third-order valence-electron chi connectivity index (χ3n) is 3.45. The predicted molar refractivity (Wildman–Crippen MR) is 106 cm³/mol. The van der Waals surface area contributed by atoms with Gasteiger partial charge in [0.15, 0.2) is 11.8 Å². The number of hydrogen-bond donors (Lipinski definition) is 1. The van der Waals surface area contributed by atoms with Gasteiger partial charge in [-0.25, -0.2) is 14.8 Å². The van der Waals surface area contributed by atoms with E-state index in [2.05, 4.69) is 15.3 Å². The number of benzene rings is 2. The van der Waals surface area contributed by atoms with Gasteiger partial charge in [-0.3, -0.25) is 0 Å². The molecule has 3 aromatic rings. The fraction of sp³-hybridized carbons (Fsp3) is 0.150. The fourth-order valence-corrected chi connectivity index (χ4v) is 2.73. The SMILES string of the molecule is CSc1nc(C)cc(Nc2cccc(OC(=O)COc3ccccc3)c2)n1. The molecule has 3 rings (SSSR count). The van der Waals surface area contributed by atoms with E-state index in [9.17, 15) is 4.79 Å². The zero-order valence-corrected chi connectivity index (χ0v) is 15.8. The van der Waals surface area contributed by atoms with E-state index in [1.807, 2.05) is 43.5 Å². The van der Waals surface area contributed by atoms with E-state index in [0.29, 0.717) is 22.5 Å². The van der Waals surface area contributed by atoms with Crippen LogP contribution < -0.4 is 14.8 Å². The van der Waals surface area contributed by atoms with Crippen molar-refractivity contribution in [3.63, 3.8) is 0 Å². The highest BCUT2D eigenvalue weighted by Gasteiger charge is 2.08. The molecule has 0 bridgehead atoms. The zero-order valence-electron chi connectivity index (χ0n) is 15.0. The minimum atomic E-state index is -0.474. The number of rotatable bonds is 7. The van der Waals surface area contributed by atoms with Crippen molar-refractivity contribution in [1.82, 2.24) is 9.97 Å². The summed E-state index contributed by atoms with van der Waals surface area (Å²) in [6.07, 6.45) is 1.93. The molecule has 1 N–H and O–H groups in total. The molecule has 0 saturated heterocycles. The molecule has 0 aliphatic rings. The van der Waals surface area contributed by atoms with Crippen molar-refractivity contribution in [2.75, 3.05) is 18.2 Å². The lowest BCUT2D eigenvalue weighted by molar-refractivity contribution is -0.136. The Morgan fingerprint density at radius 2 is 1.81 bits per heavy atom. The summed E-state index contributed by atoms with van der Waals surface area (Å²) in [5, 5.41) is 3.90. The summed E-state index contributed by atoms with van der Waals surface area (Å²) in [7, 11) is 0. The minimum absolute atomic E-state index is 0.163. The Kier molecular flexibility index (Phi) is 6.27.